The van der Waals surface area contributed by atoms with Crippen LogP contribution in [0.15, 0.2) is 24.3 Å². The van der Waals surface area contributed by atoms with E-state index in [2.05, 4.69) is 19.2 Å². The zero-order valence-corrected chi connectivity index (χ0v) is 18.8. The molecule has 1 aliphatic heterocycles. The Morgan fingerprint density at radius 1 is 1.17 bits per heavy atom. The highest BCUT2D eigenvalue weighted by Crippen LogP contribution is 2.30. The van der Waals surface area contributed by atoms with Crippen LogP contribution in [0.2, 0.25) is 0 Å². The summed E-state index contributed by atoms with van der Waals surface area (Å²) >= 11 is 0. The Bertz CT molecular complexity index is 635. The normalized spacial score (nSPS) is 16.1. The van der Waals surface area contributed by atoms with Crippen molar-refractivity contribution in [2.75, 3.05) is 39.8 Å². The van der Waals surface area contributed by atoms with E-state index < -0.39 is 0 Å². The Balaban J connectivity index is 0.00000420. The third-order valence-corrected chi connectivity index (χ3v) is 5.18. The summed E-state index contributed by atoms with van der Waals surface area (Å²) in [6.07, 6.45) is 3.38. The maximum Gasteiger partial charge on any atom is 0.223 e. The van der Waals surface area contributed by atoms with Crippen LogP contribution in [0.1, 0.15) is 57.6 Å². The molecule has 0 bridgehead atoms. The van der Waals surface area contributed by atoms with Crippen LogP contribution in [-0.4, -0.2) is 61.4 Å². The summed E-state index contributed by atoms with van der Waals surface area (Å²) in [6, 6.07) is 7.83. The summed E-state index contributed by atoms with van der Waals surface area (Å²) < 4.78 is 5.50. The summed E-state index contributed by atoms with van der Waals surface area (Å²) in [5, 5.41) is 3.38. The fourth-order valence-corrected chi connectivity index (χ4v) is 3.82. The molecule has 7 heteroatoms. The SMILES string of the molecule is CCCN(CCC)C(=O)CCCC(=O)N1CCNCC1c1ccccc1OC.Cl. The van der Waals surface area contributed by atoms with Gasteiger partial charge in [0.05, 0.1) is 13.2 Å². The fraction of sp³-hybridized carbons (Fsp3) is 0.636. The second-order valence-corrected chi connectivity index (χ2v) is 7.28. The van der Waals surface area contributed by atoms with Crippen LogP contribution in [-0.2, 0) is 9.59 Å². The molecule has 1 heterocycles. The number of piperazine rings is 1. The molecule has 0 aromatic heterocycles. The molecule has 1 aromatic carbocycles. The molecule has 164 valence electrons. The lowest BCUT2D eigenvalue weighted by atomic mass is 10.0. The molecule has 1 N–H and O–H groups in total. The summed E-state index contributed by atoms with van der Waals surface area (Å²) in [5.74, 6) is 1.08. The number of hydrogen-bond acceptors (Lipinski definition) is 4. The number of ether oxygens (including phenoxy) is 1. The van der Waals surface area contributed by atoms with Crippen LogP contribution < -0.4 is 10.1 Å². The molecule has 0 spiro atoms. The van der Waals surface area contributed by atoms with Gasteiger partial charge in [-0.25, -0.2) is 0 Å². The molecule has 29 heavy (non-hydrogen) atoms. The smallest absolute Gasteiger partial charge is 0.223 e. The van der Waals surface area contributed by atoms with Crippen LogP contribution in [0.25, 0.3) is 0 Å². The number of carbonyl (C=O) groups is 2. The summed E-state index contributed by atoms with van der Waals surface area (Å²) in [5.41, 5.74) is 1.03. The number of methoxy groups -OCH3 is 1. The first-order valence-electron chi connectivity index (χ1n) is 10.5. The first kappa shape index (κ1) is 25.2. The van der Waals surface area contributed by atoms with E-state index in [9.17, 15) is 9.59 Å². The third kappa shape index (κ3) is 7.19. The molecule has 1 fully saturated rings. The monoisotopic (exact) mass is 425 g/mol. The van der Waals surface area contributed by atoms with E-state index in [1.165, 1.54) is 0 Å². The molecule has 0 saturated carbocycles. The number of nitrogens with one attached hydrogen (secondary N) is 1. The van der Waals surface area contributed by atoms with E-state index >= 15 is 0 Å². The predicted octanol–water partition coefficient (Wildman–Crippen LogP) is 3.41. The topological polar surface area (TPSA) is 61.9 Å². The van der Waals surface area contributed by atoms with Gasteiger partial charge in [-0.2, -0.15) is 0 Å². The van der Waals surface area contributed by atoms with E-state index in [1.54, 1.807) is 7.11 Å². The Kier molecular flexibility index (Phi) is 11.7. The highest BCUT2D eigenvalue weighted by atomic mass is 35.5. The number of para-hydroxylation sites is 1. The molecule has 2 amide bonds. The molecule has 1 saturated heterocycles. The Hall–Kier alpha value is -1.79. The number of rotatable bonds is 10. The van der Waals surface area contributed by atoms with Crippen LogP contribution in [0.3, 0.4) is 0 Å². The number of halogens is 1. The van der Waals surface area contributed by atoms with Gasteiger partial charge in [-0.15, -0.1) is 12.4 Å². The van der Waals surface area contributed by atoms with Gasteiger partial charge >= 0.3 is 0 Å². The van der Waals surface area contributed by atoms with Crippen molar-refractivity contribution < 1.29 is 14.3 Å². The van der Waals surface area contributed by atoms with Crippen molar-refractivity contribution in [3.05, 3.63) is 29.8 Å². The van der Waals surface area contributed by atoms with Gasteiger partial charge < -0.3 is 19.9 Å². The van der Waals surface area contributed by atoms with Crippen molar-refractivity contribution in [1.29, 1.82) is 0 Å². The van der Waals surface area contributed by atoms with Crippen molar-refractivity contribution in [3.8, 4) is 5.75 Å². The number of hydrogen-bond donors (Lipinski definition) is 1. The van der Waals surface area contributed by atoms with Crippen LogP contribution in [0.4, 0.5) is 0 Å². The van der Waals surface area contributed by atoms with E-state index in [0.717, 1.165) is 43.8 Å². The van der Waals surface area contributed by atoms with Crippen molar-refractivity contribution >= 4 is 24.2 Å². The number of benzene rings is 1. The Labute approximate surface area is 181 Å². The van der Waals surface area contributed by atoms with Crippen LogP contribution in [0.5, 0.6) is 5.75 Å². The first-order chi connectivity index (χ1) is 13.6. The van der Waals surface area contributed by atoms with Gasteiger partial charge in [0, 0.05) is 51.1 Å². The zero-order chi connectivity index (χ0) is 20.4. The van der Waals surface area contributed by atoms with Gasteiger partial charge in [0.1, 0.15) is 5.75 Å². The Morgan fingerprint density at radius 3 is 2.52 bits per heavy atom. The molecular formula is C22H36ClN3O3. The van der Waals surface area contributed by atoms with Gasteiger partial charge in [0.15, 0.2) is 0 Å². The molecule has 0 aliphatic carbocycles. The summed E-state index contributed by atoms with van der Waals surface area (Å²) in [7, 11) is 1.66. The minimum absolute atomic E-state index is 0. The molecular weight excluding hydrogens is 390 g/mol. The first-order valence-corrected chi connectivity index (χ1v) is 10.5. The Morgan fingerprint density at radius 2 is 1.86 bits per heavy atom. The summed E-state index contributed by atoms with van der Waals surface area (Å²) in [6.45, 7) is 7.95. The molecule has 2 rings (SSSR count). The van der Waals surface area contributed by atoms with E-state index in [0.29, 0.717) is 32.4 Å². The number of amides is 2. The van der Waals surface area contributed by atoms with Gasteiger partial charge in [-0.05, 0) is 25.3 Å². The van der Waals surface area contributed by atoms with Crippen molar-refractivity contribution in [1.82, 2.24) is 15.1 Å². The van der Waals surface area contributed by atoms with Crippen LogP contribution in [0, 0.1) is 0 Å². The second-order valence-electron chi connectivity index (χ2n) is 7.28. The van der Waals surface area contributed by atoms with Crippen molar-refractivity contribution in [3.63, 3.8) is 0 Å². The average molecular weight is 426 g/mol. The van der Waals surface area contributed by atoms with E-state index in [-0.39, 0.29) is 30.3 Å². The second kappa shape index (κ2) is 13.4. The quantitative estimate of drug-likeness (QED) is 0.624. The van der Waals surface area contributed by atoms with Gasteiger partial charge in [0.25, 0.3) is 0 Å². The van der Waals surface area contributed by atoms with E-state index in [4.69, 9.17) is 4.74 Å². The van der Waals surface area contributed by atoms with E-state index in [1.807, 2.05) is 34.1 Å². The molecule has 6 nitrogen and oxygen atoms in total. The summed E-state index contributed by atoms with van der Waals surface area (Å²) in [4.78, 5) is 29.2. The maximum absolute atomic E-state index is 12.9. The molecule has 1 aliphatic rings. The minimum atomic E-state index is -0.0372. The molecule has 1 atom stereocenters. The molecule has 0 radical (unpaired) electrons. The van der Waals surface area contributed by atoms with Gasteiger partial charge in [-0.1, -0.05) is 32.0 Å². The molecule has 1 aromatic rings. The minimum Gasteiger partial charge on any atom is -0.496 e. The highest BCUT2D eigenvalue weighted by Gasteiger charge is 2.29. The number of carbonyl (C=O) groups excluding carboxylic acids is 2. The third-order valence-electron chi connectivity index (χ3n) is 5.18. The molecule has 1 unspecified atom stereocenters. The highest BCUT2D eigenvalue weighted by molar-refractivity contribution is 5.85. The van der Waals surface area contributed by atoms with Crippen LogP contribution >= 0.6 is 12.4 Å². The standard InChI is InChI=1S/C22H35N3O3.ClH/c1-4-14-24(15-5-2)21(26)11-8-12-22(27)25-16-13-23-17-19(25)18-9-6-7-10-20(18)28-3;/h6-7,9-10,19,23H,4-5,8,11-17H2,1-3H3;1H. The van der Waals surface area contributed by atoms with Crippen molar-refractivity contribution in [2.45, 2.75) is 52.0 Å². The number of nitrogens with zero attached hydrogens (tertiary/aromatic N) is 2. The lowest BCUT2D eigenvalue weighted by Crippen LogP contribution is -2.48. The van der Waals surface area contributed by atoms with Crippen molar-refractivity contribution in [2.24, 2.45) is 0 Å². The van der Waals surface area contributed by atoms with Gasteiger partial charge in [0.2, 0.25) is 11.8 Å². The zero-order valence-electron chi connectivity index (χ0n) is 18.0. The predicted molar refractivity (Wildman–Crippen MR) is 119 cm³/mol. The average Bonchev–Trinajstić information content (AvgIpc) is 2.73. The maximum atomic E-state index is 12.9. The lowest BCUT2D eigenvalue weighted by molar-refractivity contribution is -0.135. The largest absolute Gasteiger partial charge is 0.496 e. The van der Waals surface area contributed by atoms with Gasteiger partial charge in [-0.3, -0.25) is 9.59 Å². The fourth-order valence-electron chi connectivity index (χ4n) is 3.82. The lowest BCUT2D eigenvalue weighted by Gasteiger charge is -2.37.